The van der Waals surface area contributed by atoms with Crippen molar-refractivity contribution >= 4 is 23.4 Å². The summed E-state index contributed by atoms with van der Waals surface area (Å²) in [6.07, 6.45) is 0.890. The van der Waals surface area contributed by atoms with Gasteiger partial charge >= 0.3 is 6.09 Å². The van der Waals surface area contributed by atoms with Gasteiger partial charge in [-0.2, -0.15) is 5.10 Å². The molecule has 200 valence electrons. The minimum Gasteiger partial charge on any atom is -0.444 e. The Bertz CT molecular complexity index is 1380. The highest BCUT2D eigenvalue weighted by Crippen LogP contribution is 2.58. The van der Waals surface area contributed by atoms with Crippen LogP contribution in [0.2, 0.25) is 0 Å². The molecule has 3 aromatic rings. The minimum atomic E-state index is -0.676. The molecular weight excluding hydrogens is 482 g/mol. The molecular formula is C29H35N5O4. The van der Waals surface area contributed by atoms with Gasteiger partial charge < -0.3 is 9.26 Å². The number of nitrogens with one attached hydrogen (secondary N) is 1. The van der Waals surface area contributed by atoms with Crippen molar-refractivity contribution in [2.45, 2.75) is 85.3 Å². The highest BCUT2D eigenvalue weighted by molar-refractivity contribution is 5.93. The number of anilines is 1. The number of nitrogens with zero attached hydrogens (tertiary/aromatic N) is 4. The van der Waals surface area contributed by atoms with E-state index in [9.17, 15) is 9.59 Å². The van der Waals surface area contributed by atoms with Crippen LogP contribution in [0.15, 0.2) is 34.9 Å². The molecule has 2 heterocycles. The number of amides is 1. The van der Waals surface area contributed by atoms with Crippen molar-refractivity contribution in [2.75, 3.05) is 5.32 Å². The first-order valence-electron chi connectivity index (χ1n) is 12.8. The first kappa shape index (κ1) is 27.1. The number of hydrogen-bond donors (Lipinski definition) is 1. The SMILES string of the molecule is [C-]#[N+]c1c(-c2ccc(CC(=O)Cc3cc(C4CC4(C)C)no3)cc2)nn(C(C)C)c1NC(=O)OC(C)(C)C. The summed E-state index contributed by atoms with van der Waals surface area (Å²) in [4.78, 5) is 28.8. The first-order chi connectivity index (χ1) is 17.8. The summed E-state index contributed by atoms with van der Waals surface area (Å²) in [5.41, 5.74) is 2.75. The maximum Gasteiger partial charge on any atom is 0.412 e. The Morgan fingerprint density at radius 3 is 2.45 bits per heavy atom. The van der Waals surface area contributed by atoms with E-state index in [1.54, 1.807) is 25.5 Å². The molecule has 0 saturated heterocycles. The van der Waals surface area contributed by atoms with Crippen LogP contribution in [-0.4, -0.2) is 32.4 Å². The number of ether oxygens (including phenoxy) is 1. The van der Waals surface area contributed by atoms with E-state index in [2.05, 4.69) is 34.3 Å². The molecule has 1 fully saturated rings. The van der Waals surface area contributed by atoms with Gasteiger partial charge in [0.05, 0.1) is 18.7 Å². The number of benzene rings is 1. The molecule has 1 aliphatic carbocycles. The number of aromatic nitrogens is 3. The molecule has 0 bridgehead atoms. The van der Waals surface area contributed by atoms with Crippen LogP contribution in [0.4, 0.5) is 16.3 Å². The van der Waals surface area contributed by atoms with Gasteiger partial charge in [-0.05, 0) is 57.6 Å². The van der Waals surface area contributed by atoms with E-state index in [1.165, 1.54) is 0 Å². The zero-order valence-electron chi connectivity index (χ0n) is 23.1. The molecule has 1 amide bonds. The lowest BCUT2D eigenvalue weighted by molar-refractivity contribution is -0.118. The predicted octanol–water partition coefficient (Wildman–Crippen LogP) is 6.88. The van der Waals surface area contributed by atoms with Gasteiger partial charge in [0, 0.05) is 24.4 Å². The van der Waals surface area contributed by atoms with Crippen molar-refractivity contribution in [1.82, 2.24) is 14.9 Å². The van der Waals surface area contributed by atoms with Crippen LogP contribution in [0.25, 0.3) is 16.1 Å². The average Bonchev–Trinajstić information content (AvgIpc) is 3.11. The zero-order chi connectivity index (χ0) is 27.8. The number of rotatable bonds is 8. The monoisotopic (exact) mass is 517 g/mol. The average molecular weight is 518 g/mol. The lowest BCUT2D eigenvalue weighted by atomic mass is 10.0. The topological polar surface area (TPSA) is 104 Å². The second-order valence-electron chi connectivity index (χ2n) is 11.9. The number of hydrogen-bond acceptors (Lipinski definition) is 6. The molecule has 9 nitrogen and oxygen atoms in total. The molecule has 4 rings (SSSR count). The standard InChI is InChI=1S/C29H35N5O4/c1-17(2)34-26(31-27(36)37-28(3,4)5)25(30-8)24(32-34)19-11-9-18(10-12-19)13-20(35)14-21-15-23(33-38-21)22-16-29(22,6)7/h9-12,15,17,22H,13-14,16H2,1-7H3,(H,31,36). The Balaban J connectivity index is 1.47. The number of carbonyl (C=O) groups is 2. The van der Waals surface area contributed by atoms with E-state index in [1.807, 2.05) is 44.2 Å². The third-order valence-corrected chi connectivity index (χ3v) is 6.55. The van der Waals surface area contributed by atoms with Gasteiger partial charge in [0.2, 0.25) is 0 Å². The molecule has 1 aromatic carbocycles. The van der Waals surface area contributed by atoms with Crippen LogP contribution in [0.5, 0.6) is 0 Å². The van der Waals surface area contributed by atoms with Crippen molar-refractivity contribution in [3.63, 3.8) is 0 Å². The smallest absolute Gasteiger partial charge is 0.412 e. The fourth-order valence-corrected chi connectivity index (χ4v) is 4.43. The van der Waals surface area contributed by atoms with Crippen molar-refractivity contribution in [1.29, 1.82) is 0 Å². The molecule has 0 aliphatic heterocycles. The lowest BCUT2D eigenvalue weighted by Gasteiger charge is -2.20. The third kappa shape index (κ3) is 6.13. The summed E-state index contributed by atoms with van der Waals surface area (Å²) in [7, 11) is 0. The Morgan fingerprint density at radius 1 is 1.24 bits per heavy atom. The second-order valence-corrected chi connectivity index (χ2v) is 11.9. The van der Waals surface area contributed by atoms with E-state index in [4.69, 9.17) is 15.8 Å². The largest absolute Gasteiger partial charge is 0.444 e. The number of Topliss-reactive ketones (excluding diaryl/α,β-unsaturated/α-hetero) is 1. The van der Waals surface area contributed by atoms with Gasteiger partial charge in [-0.1, -0.05) is 43.3 Å². The summed E-state index contributed by atoms with van der Waals surface area (Å²) < 4.78 is 12.4. The van der Waals surface area contributed by atoms with Crippen molar-refractivity contribution in [3.8, 4) is 11.3 Å². The predicted molar refractivity (Wildman–Crippen MR) is 144 cm³/mol. The van der Waals surface area contributed by atoms with E-state index in [0.717, 1.165) is 17.7 Å². The van der Waals surface area contributed by atoms with Crippen molar-refractivity contribution < 1.29 is 18.8 Å². The Hall–Kier alpha value is -3.93. The van der Waals surface area contributed by atoms with Gasteiger partial charge in [0.1, 0.15) is 28.7 Å². The van der Waals surface area contributed by atoms with Gasteiger partial charge in [0.25, 0.3) is 5.69 Å². The third-order valence-electron chi connectivity index (χ3n) is 6.55. The minimum absolute atomic E-state index is 0.0327. The zero-order valence-corrected chi connectivity index (χ0v) is 23.1. The summed E-state index contributed by atoms with van der Waals surface area (Å²) in [5, 5.41) is 11.5. The summed E-state index contributed by atoms with van der Waals surface area (Å²) >= 11 is 0. The van der Waals surface area contributed by atoms with Gasteiger partial charge in [-0.25, -0.2) is 9.64 Å². The summed E-state index contributed by atoms with van der Waals surface area (Å²) in [5.74, 6) is 1.32. The molecule has 2 aromatic heterocycles. The van der Waals surface area contributed by atoms with E-state index in [0.29, 0.717) is 28.8 Å². The quantitative estimate of drug-likeness (QED) is 0.327. The molecule has 0 spiro atoms. The van der Waals surface area contributed by atoms with Crippen LogP contribution in [-0.2, 0) is 22.4 Å². The summed E-state index contributed by atoms with van der Waals surface area (Å²) in [6, 6.07) is 9.19. The lowest BCUT2D eigenvalue weighted by Crippen LogP contribution is -2.28. The highest BCUT2D eigenvalue weighted by atomic mass is 16.6. The van der Waals surface area contributed by atoms with Crippen molar-refractivity contribution in [3.05, 3.63) is 58.8 Å². The van der Waals surface area contributed by atoms with Gasteiger partial charge in [-0.15, -0.1) is 0 Å². The Kier molecular flexibility index (Phi) is 7.20. The van der Waals surface area contributed by atoms with Crippen molar-refractivity contribution in [2.24, 2.45) is 5.41 Å². The first-order valence-corrected chi connectivity index (χ1v) is 12.8. The molecule has 1 unspecified atom stereocenters. The van der Waals surface area contributed by atoms with Crippen LogP contribution in [0.1, 0.15) is 83.9 Å². The van der Waals surface area contributed by atoms with E-state index in [-0.39, 0.29) is 35.8 Å². The fourth-order valence-electron chi connectivity index (χ4n) is 4.43. The molecule has 0 radical (unpaired) electrons. The highest BCUT2D eigenvalue weighted by Gasteiger charge is 2.48. The van der Waals surface area contributed by atoms with Crippen LogP contribution >= 0.6 is 0 Å². The fraction of sp³-hybridized carbons (Fsp3) is 0.483. The maximum atomic E-state index is 12.7. The van der Waals surface area contributed by atoms with Gasteiger partial charge in [-0.3, -0.25) is 14.8 Å². The molecule has 1 saturated carbocycles. The Labute approximate surface area is 223 Å². The van der Waals surface area contributed by atoms with Crippen LogP contribution < -0.4 is 5.32 Å². The molecule has 9 heteroatoms. The van der Waals surface area contributed by atoms with Crippen LogP contribution in [0.3, 0.4) is 0 Å². The van der Waals surface area contributed by atoms with Gasteiger partial charge in [0.15, 0.2) is 0 Å². The normalized spacial score (nSPS) is 16.2. The second kappa shape index (κ2) is 10.1. The van der Waals surface area contributed by atoms with E-state index < -0.39 is 11.7 Å². The molecule has 1 N–H and O–H groups in total. The summed E-state index contributed by atoms with van der Waals surface area (Å²) in [6.45, 7) is 21.3. The molecule has 1 atom stereocenters. The van der Waals surface area contributed by atoms with E-state index >= 15 is 0 Å². The number of carbonyl (C=O) groups excluding carboxylic acids is 2. The maximum absolute atomic E-state index is 12.7. The number of ketones is 1. The van der Waals surface area contributed by atoms with Crippen LogP contribution in [0, 0.1) is 12.0 Å². The molecule has 38 heavy (non-hydrogen) atoms. The Morgan fingerprint density at radius 2 is 1.89 bits per heavy atom. The molecule has 1 aliphatic rings.